The van der Waals surface area contributed by atoms with Crippen molar-refractivity contribution in [1.82, 2.24) is 9.80 Å². The molecule has 1 heterocycles. The second-order valence-corrected chi connectivity index (χ2v) is 9.61. The highest BCUT2D eigenvalue weighted by Crippen LogP contribution is 2.35. The molecule has 1 aliphatic heterocycles. The van der Waals surface area contributed by atoms with Crippen molar-refractivity contribution in [3.8, 4) is 5.75 Å². The van der Waals surface area contributed by atoms with Crippen molar-refractivity contribution in [3.63, 3.8) is 0 Å². The van der Waals surface area contributed by atoms with Crippen LogP contribution in [0.25, 0.3) is 0 Å². The Morgan fingerprint density at radius 2 is 1.81 bits per heavy atom. The van der Waals surface area contributed by atoms with E-state index in [0.717, 1.165) is 38.5 Å². The van der Waals surface area contributed by atoms with E-state index in [1.165, 1.54) is 11.1 Å². The van der Waals surface area contributed by atoms with Crippen molar-refractivity contribution in [2.45, 2.75) is 40.2 Å². The molecule has 1 fully saturated rings. The molecule has 2 unspecified atom stereocenters. The highest BCUT2D eigenvalue weighted by Gasteiger charge is 2.36. The molecule has 0 aromatic heterocycles. The molecule has 0 bridgehead atoms. The minimum atomic E-state index is 0.0239. The number of amides is 1. The quantitative estimate of drug-likeness (QED) is 0.567. The number of benzene rings is 2. The molecule has 1 amide bonds. The Hall–Kier alpha value is -2.33. The largest absolute Gasteiger partial charge is 0.497 e. The number of carbonyl (C=O) groups is 1. The van der Waals surface area contributed by atoms with Gasteiger partial charge >= 0.3 is 0 Å². The first kappa shape index (κ1) is 23.3. The van der Waals surface area contributed by atoms with E-state index in [4.69, 9.17) is 4.74 Å². The molecule has 168 valence electrons. The van der Waals surface area contributed by atoms with Gasteiger partial charge in [-0.3, -0.25) is 9.69 Å². The van der Waals surface area contributed by atoms with Crippen LogP contribution in [0.5, 0.6) is 5.75 Å². The molecule has 4 heteroatoms. The maximum atomic E-state index is 13.0. The summed E-state index contributed by atoms with van der Waals surface area (Å²) in [5, 5.41) is 0. The Kier molecular flexibility index (Phi) is 8.14. The van der Waals surface area contributed by atoms with Crippen LogP contribution in [-0.4, -0.2) is 49.0 Å². The summed E-state index contributed by atoms with van der Waals surface area (Å²) >= 11 is 0. The lowest BCUT2D eigenvalue weighted by atomic mass is 9.88. The minimum Gasteiger partial charge on any atom is -0.497 e. The summed E-state index contributed by atoms with van der Waals surface area (Å²) in [6.07, 6.45) is 0. The summed E-state index contributed by atoms with van der Waals surface area (Å²) < 4.78 is 5.50. The van der Waals surface area contributed by atoms with Gasteiger partial charge < -0.3 is 9.64 Å². The smallest absolute Gasteiger partial charge is 0.225 e. The van der Waals surface area contributed by atoms with Gasteiger partial charge in [-0.1, -0.05) is 70.2 Å². The number of hydrogen-bond acceptors (Lipinski definition) is 3. The Labute approximate surface area is 188 Å². The number of methoxy groups -OCH3 is 1. The van der Waals surface area contributed by atoms with E-state index in [-0.39, 0.29) is 11.8 Å². The molecule has 2 aromatic carbocycles. The van der Waals surface area contributed by atoms with E-state index >= 15 is 0 Å². The summed E-state index contributed by atoms with van der Waals surface area (Å²) in [5.41, 5.74) is 2.64. The fourth-order valence-electron chi connectivity index (χ4n) is 4.71. The molecule has 0 aliphatic carbocycles. The molecule has 1 aliphatic rings. The third kappa shape index (κ3) is 6.33. The van der Waals surface area contributed by atoms with Gasteiger partial charge in [-0.15, -0.1) is 0 Å². The molecule has 0 N–H and O–H groups in total. The molecular weight excluding hydrogens is 384 g/mol. The van der Waals surface area contributed by atoms with Crippen LogP contribution in [0.3, 0.4) is 0 Å². The second kappa shape index (κ2) is 10.8. The first-order valence-electron chi connectivity index (χ1n) is 11.6. The molecule has 31 heavy (non-hydrogen) atoms. The van der Waals surface area contributed by atoms with Crippen LogP contribution in [-0.2, 0) is 11.3 Å². The van der Waals surface area contributed by atoms with Crippen LogP contribution in [0.1, 0.15) is 44.7 Å². The Morgan fingerprint density at radius 1 is 1.06 bits per heavy atom. The third-order valence-electron chi connectivity index (χ3n) is 6.13. The second-order valence-electron chi connectivity index (χ2n) is 9.61. The lowest BCUT2D eigenvalue weighted by Gasteiger charge is -2.31. The van der Waals surface area contributed by atoms with Gasteiger partial charge in [-0.05, 0) is 35.1 Å². The van der Waals surface area contributed by atoms with Gasteiger partial charge in [0.25, 0.3) is 0 Å². The van der Waals surface area contributed by atoms with Crippen molar-refractivity contribution in [2.75, 3.05) is 33.3 Å². The number of likely N-dealkylation sites (tertiary alicyclic amines) is 1. The summed E-state index contributed by atoms with van der Waals surface area (Å²) in [6.45, 7) is 13.0. The van der Waals surface area contributed by atoms with E-state index in [1.807, 2.05) is 19.9 Å². The normalized spacial score (nSPS) is 19.2. The monoisotopic (exact) mass is 422 g/mol. The van der Waals surface area contributed by atoms with Gasteiger partial charge in [-0.2, -0.15) is 0 Å². The van der Waals surface area contributed by atoms with Crippen molar-refractivity contribution in [3.05, 3.63) is 65.7 Å². The molecule has 0 radical (unpaired) electrons. The molecule has 0 spiro atoms. The molecule has 0 saturated carbocycles. The van der Waals surface area contributed by atoms with E-state index in [9.17, 15) is 4.79 Å². The zero-order valence-corrected chi connectivity index (χ0v) is 19.8. The van der Waals surface area contributed by atoms with E-state index in [0.29, 0.717) is 17.8 Å². The van der Waals surface area contributed by atoms with Gasteiger partial charge in [0.2, 0.25) is 5.91 Å². The Bertz CT molecular complexity index is 834. The predicted molar refractivity (Wildman–Crippen MR) is 127 cm³/mol. The van der Waals surface area contributed by atoms with Gasteiger partial charge in [0.05, 0.1) is 7.11 Å². The summed E-state index contributed by atoms with van der Waals surface area (Å²) in [6, 6.07) is 19.1. The number of carbonyl (C=O) groups excluding carboxylic acids is 1. The first-order chi connectivity index (χ1) is 14.9. The van der Waals surface area contributed by atoms with Crippen LogP contribution in [0.15, 0.2) is 54.6 Å². The van der Waals surface area contributed by atoms with Crippen LogP contribution < -0.4 is 4.74 Å². The SMILES string of the molecule is COc1cccc(C2CN(Cc3ccccc3)CC2CN(CC(C)C)C(=O)C(C)C)c1. The van der Waals surface area contributed by atoms with Crippen molar-refractivity contribution >= 4 is 5.91 Å². The number of ether oxygens (including phenoxy) is 1. The van der Waals surface area contributed by atoms with Crippen molar-refractivity contribution in [1.29, 1.82) is 0 Å². The molecule has 2 atom stereocenters. The maximum Gasteiger partial charge on any atom is 0.225 e. The zero-order valence-electron chi connectivity index (χ0n) is 19.8. The Balaban J connectivity index is 1.84. The highest BCUT2D eigenvalue weighted by atomic mass is 16.5. The minimum absolute atomic E-state index is 0.0239. The molecule has 4 nitrogen and oxygen atoms in total. The fraction of sp³-hybridized carbons (Fsp3) is 0.519. The topological polar surface area (TPSA) is 32.8 Å². The van der Waals surface area contributed by atoms with Crippen LogP contribution in [0.2, 0.25) is 0 Å². The molecule has 3 rings (SSSR count). The number of hydrogen-bond donors (Lipinski definition) is 0. The van der Waals surface area contributed by atoms with Gasteiger partial charge in [0.1, 0.15) is 5.75 Å². The fourth-order valence-corrected chi connectivity index (χ4v) is 4.71. The molecule has 1 saturated heterocycles. The third-order valence-corrected chi connectivity index (χ3v) is 6.13. The zero-order chi connectivity index (χ0) is 22.4. The van der Waals surface area contributed by atoms with E-state index < -0.39 is 0 Å². The number of rotatable bonds is 9. The van der Waals surface area contributed by atoms with Crippen LogP contribution >= 0.6 is 0 Å². The maximum absolute atomic E-state index is 13.0. The highest BCUT2D eigenvalue weighted by molar-refractivity contribution is 5.78. The van der Waals surface area contributed by atoms with Gasteiger partial charge in [-0.25, -0.2) is 0 Å². The van der Waals surface area contributed by atoms with Crippen molar-refractivity contribution < 1.29 is 9.53 Å². The van der Waals surface area contributed by atoms with Crippen LogP contribution in [0, 0.1) is 17.8 Å². The van der Waals surface area contributed by atoms with E-state index in [1.54, 1.807) is 7.11 Å². The lowest BCUT2D eigenvalue weighted by Crippen LogP contribution is -2.41. The van der Waals surface area contributed by atoms with E-state index in [2.05, 4.69) is 72.2 Å². The molecular formula is C27H38N2O2. The first-order valence-corrected chi connectivity index (χ1v) is 11.6. The van der Waals surface area contributed by atoms with Gasteiger partial charge in [0.15, 0.2) is 0 Å². The summed E-state index contributed by atoms with van der Waals surface area (Å²) in [7, 11) is 1.72. The van der Waals surface area contributed by atoms with Crippen molar-refractivity contribution in [2.24, 2.45) is 17.8 Å². The number of nitrogens with zero attached hydrogens (tertiary/aromatic N) is 2. The van der Waals surface area contributed by atoms with Crippen LogP contribution in [0.4, 0.5) is 0 Å². The summed E-state index contributed by atoms with van der Waals surface area (Å²) in [4.78, 5) is 17.6. The lowest BCUT2D eigenvalue weighted by molar-refractivity contribution is -0.135. The molecule has 2 aromatic rings. The van der Waals surface area contributed by atoms with Gasteiger partial charge in [0, 0.05) is 44.6 Å². The Morgan fingerprint density at radius 3 is 2.45 bits per heavy atom. The summed E-state index contributed by atoms with van der Waals surface area (Å²) in [5.74, 6) is 2.43. The average molecular weight is 423 g/mol. The average Bonchev–Trinajstić information content (AvgIpc) is 3.15. The predicted octanol–water partition coefficient (Wildman–Crippen LogP) is 5.05. The standard InChI is InChI=1S/C27H38N2O2/c1-20(2)15-29(27(30)21(3)4)18-24-17-28(16-22-10-7-6-8-11-22)19-26(24)23-12-9-13-25(14-23)31-5/h6-14,20-21,24,26H,15-19H2,1-5H3.